The van der Waals surface area contributed by atoms with E-state index >= 15 is 0 Å². The Kier molecular flexibility index (Phi) is 9.16. The van der Waals surface area contributed by atoms with E-state index in [4.69, 9.17) is 9.47 Å². The first-order chi connectivity index (χ1) is 22.8. The summed E-state index contributed by atoms with van der Waals surface area (Å²) >= 11 is 3.74. The van der Waals surface area contributed by atoms with Gasteiger partial charge in [-0.25, -0.2) is 4.79 Å². The Morgan fingerprint density at radius 3 is 1.96 bits per heavy atom. The van der Waals surface area contributed by atoms with Gasteiger partial charge in [0.1, 0.15) is 6.61 Å². The number of rotatable bonds is 9. The van der Waals surface area contributed by atoms with Crippen molar-refractivity contribution >= 4 is 33.5 Å². The zero-order valence-electron chi connectivity index (χ0n) is 28.2. The van der Waals surface area contributed by atoms with Crippen LogP contribution in [0.2, 0.25) is 0 Å². The van der Waals surface area contributed by atoms with Crippen LogP contribution in [0.4, 0.5) is 0 Å². The highest BCUT2D eigenvalue weighted by Gasteiger charge is 2.49. The molecule has 0 spiro atoms. The van der Waals surface area contributed by atoms with Crippen LogP contribution in [0.15, 0.2) is 93.7 Å². The van der Waals surface area contributed by atoms with Gasteiger partial charge in [0.05, 0.1) is 16.6 Å². The molecule has 0 saturated carbocycles. The van der Waals surface area contributed by atoms with E-state index in [9.17, 15) is 19.5 Å². The highest BCUT2D eigenvalue weighted by Crippen LogP contribution is 2.56. The molecular weight excluding hydrogens is 670 g/mol. The van der Waals surface area contributed by atoms with E-state index in [0.717, 1.165) is 40.9 Å². The lowest BCUT2D eigenvalue weighted by Gasteiger charge is -2.49. The SMILES string of the molecule is CCOc1cc(C2C3=C(CC(C)(C)CC3=O)N(Cc3ccccc3)C3=C2C(=O)CC(C)(C)C3)cc(Br)c1OCc1ccc(C(=O)O)cc1. The van der Waals surface area contributed by atoms with Crippen LogP contribution >= 0.6 is 15.9 Å². The van der Waals surface area contributed by atoms with Crippen LogP contribution < -0.4 is 9.47 Å². The van der Waals surface area contributed by atoms with Crippen molar-refractivity contribution in [2.45, 2.75) is 79.4 Å². The van der Waals surface area contributed by atoms with Gasteiger partial charge in [0, 0.05) is 47.8 Å². The normalized spacial score (nSPS) is 18.8. The highest BCUT2D eigenvalue weighted by molar-refractivity contribution is 9.10. The lowest BCUT2D eigenvalue weighted by Crippen LogP contribution is -2.44. The van der Waals surface area contributed by atoms with Crippen LogP contribution in [0.3, 0.4) is 0 Å². The lowest BCUT2D eigenvalue weighted by molar-refractivity contribution is -0.119. The summed E-state index contributed by atoms with van der Waals surface area (Å²) in [7, 11) is 0. The summed E-state index contributed by atoms with van der Waals surface area (Å²) in [5, 5.41) is 9.25. The fraction of sp³-hybridized carbons (Fsp3) is 0.375. The largest absolute Gasteiger partial charge is 0.490 e. The number of ether oxygens (including phenoxy) is 2. The number of hydrogen-bond acceptors (Lipinski definition) is 6. The third kappa shape index (κ3) is 6.73. The number of nitrogens with zero attached hydrogens (tertiary/aromatic N) is 1. The minimum atomic E-state index is -0.984. The van der Waals surface area contributed by atoms with Gasteiger partial charge < -0.3 is 19.5 Å². The van der Waals surface area contributed by atoms with Crippen molar-refractivity contribution < 1.29 is 29.0 Å². The third-order valence-corrected chi connectivity index (χ3v) is 10.0. The predicted molar refractivity (Wildman–Crippen MR) is 188 cm³/mol. The van der Waals surface area contributed by atoms with E-state index in [1.54, 1.807) is 24.3 Å². The van der Waals surface area contributed by atoms with E-state index in [2.05, 4.69) is 60.7 Å². The molecule has 0 fully saturated rings. The maximum absolute atomic E-state index is 14.3. The number of halogens is 1. The second-order valence-corrected chi connectivity index (χ2v) is 15.5. The molecule has 3 aromatic carbocycles. The van der Waals surface area contributed by atoms with Crippen molar-refractivity contribution in [2.75, 3.05) is 6.61 Å². The molecule has 250 valence electrons. The molecule has 1 heterocycles. The molecule has 0 radical (unpaired) electrons. The Bertz CT molecular complexity index is 1780. The summed E-state index contributed by atoms with van der Waals surface area (Å²) < 4.78 is 13.0. The van der Waals surface area contributed by atoms with Gasteiger partial charge in [-0.15, -0.1) is 0 Å². The van der Waals surface area contributed by atoms with Crippen LogP contribution in [-0.2, 0) is 22.7 Å². The molecule has 48 heavy (non-hydrogen) atoms. The fourth-order valence-electron chi connectivity index (χ4n) is 7.39. The number of carbonyl (C=O) groups is 3. The summed E-state index contributed by atoms with van der Waals surface area (Å²) in [5.74, 6) is -0.350. The molecule has 0 unspecified atom stereocenters. The summed E-state index contributed by atoms with van der Waals surface area (Å²) in [6.45, 7) is 11.7. The van der Waals surface area contributed by atoms with Crippen LogP contribution in [0.1, 0.15) is 93.3 Å². The Morgan fingerprint density at radius 2 is 1.42 bits per heavy atom. The number of carbonyl (C=O) groups excluding carboxylic acids is 2. The number of ketones is 2. The van der Waals surface area contributed by atoms with Crippen LogP contribution in [-0.4, -0.2) is 34.1 Å². The van der Waals surface area contributed by atoms with E-state index in [-0.39, 0.29) is 34.6 Å². The van der Waals surface area contributed by atoms with Crippen molar-refractivity contribution in [1.82, 2.24) is 4.90 Å². The number of aromatic carboxylic acids is 1. The standard InChI is InChI=1S/C40H42BrNO6/c1-6-47-33-17-27(16-28(41)37(33)48-23-25-12-14-26(15-13-25)38(45)46)34-35-29(18-39(2,3)20-31(35)43)42(22-24-10-8-7-9-11-24)30-19-40(4,5)21-32(44)36(30)34/h7-17,34H,6,18-23H2,1-5H3,(H,45,46). The Labute approximate surface area is 290 Å². The van der Waals surface area contributed by atoms with Crippen molar-refractivity contribution in [3.63, 3.8) is 0 Å². The maximum Gasteiger partial charge on any atom is 0.335 e. The van der Waals surface area contributed by atoms with Crippen LogP contribution in [0.5, 0.6) is 11.5 Å². The first kappa shape index (κ1) is 33.7. The van der Waals surface area contributed by atoms with E-state index in [0.29, 0.717) is 53.1 Å². The van der Waals surface area contributed by atoms with Crippen LogP contribution in [0, 0.1) is 10.8 Å². The van der Waals surface area contributed by atoms with Gasteiger partial charge in [-0.1, -0.05) is 70.2 Å². The molecule has 3 aromatic rings. The number of carboxylic acids is 1. The zero-order chi connectivity index (χ0) is 34.4. The minimum Gasteiger partial charge on any atom is -0.490 e. The number of hydrogen-bond donors (Lipinski definition) is 1. The van der Waals surface area contributed by atoms with Gasteiger partial charge >= 0.3 is 5.97 Å². The number of Topliss-reactive ketones (excluding diaryl/α,β-unsaturated/α-hetero) is 2. The fourth-order valence-corrected chi connectivity index (χ4v) is 7.97. The average Bonchev–Trinajstić information content (AvgIpc) is 3.01. The van der Waals surface area contributed by atoms with Crippen LogP contribution in [0.25, 0.3) is 0 Å². The first-order valence-electron chi connectivity index (χ1n) is 16.5. The van der Waals surface area contributed by atoms with E-state index in [1.165, 1.54) is 0 Å². The summed E-state index contributed by atoms with van der Waals surface area (Å²) in [4.78, 5) is 42.2. The van der Waals surface area contributed by atoms with Gasteiger partial charge in [-0.05, 0) is 87.5 Å². The lowest BCUT2D eigenvalue weighted by atomic mass is 9.63. The Morgan fingerprint density at radius 1 is 0.833 bits per heavy atom. The molecule has 0 bridgehead atoms. The molecule has 2 aliphatic carbocycles. The van der Waals surface area contributed by atoms with Gasteiger partial charge in [0.25, 0.3) is 0 Å². The second-order valence-electron chi connectivity index (χ2n) is 14.7. The second kappa shape index (κ2) is 13.0. The predicted octanol–water partition coefficient (Wildman–Crippen LogP) is 9.01. The summed E-state index contributed by atoms with van der Waals surface area (Å²) in [6.07, 6.45) is 2.27. The average molecular weight is 713 g/mol. The molecule has 0 amide bonds. The zero-order valence-corrected chi connectivity index (χ0v) is 29.8. The molecule has 0 saturated heterocycles. The molecule has 7 nitrogen and oxygen atoms in total. The monoisotopic (exact) mass is 711 g/mol. The van der Waals surface area contributed by atoms with E-state index in [1.807, 2.05) is 37.3 Å². The first-order valence-corrected chi connectivity index (χ1v) is 17.3. The van der Waals surface area contributed by atoms with Crippen molar-refractivity contribution in [3.05, 3.63) is 116 Å². The number of benzene rings is 3. The molecule has 0 atom stereocenters. The Balaban J connectivity index is 1.48. The van der Waals surface area contributed by atoms with Crippen molar-refractivity contribution in [1.29, 1.82) is 0 Å². The molecule has 0 aromatic heterocycles. The molecule has 1 aliphatic heterocycles. The quantitative estimate of drug-likeness (QED) is 0.237. The van der Waals surface area contributed by atoms with Gasteiger partial charge in [0.2, 0.25) is 0 Å². The molecule has 1 N–H and O–H groups in total. The highest BCUT2D eigenvalue weighted by atomic mass is 79.9. The van der Waals surface area contributed by atoms with E-state index < -0.39 is 11.9 Å². The maximum atomic E-state index is 14.3. The minimum absolute atomic E-state index is 0.0766. The topological polar surface area (TPSA) is 93.1 Å². The van der Waals surface area contributed by atoms with Crippen molar-refractivity contribution in [2.24, 2.45) is 10.8 Å². The smallest absolute Gasteiger partial charge is 0.335 e. The number of carboxylic acid groups (broad SMARTS) is 1. The molecule has 3 aliphatic rings. The Hall–Kier alpha value is -4.17. The van der Waals surface area contributed by atoms with Gasteiger partial charge in [-0.2, -0.15) is 0 Å². The van der Waals surface area contributed by atoms with Gasteiger partial charge in [-0.3, -0.25) is 9.59 Å². The molecule has 6 rings (SSSR count). The summed E-state index contributed by atoms with van der Waals surface area (Å²) in [6, 6.07) is 20.7. The molecule has 8 heteroatoms. The molecular formula is C40H42BrNO6. The van der Waals surface area contributed by atoms with Crippen molar-refractivity contribution in [3.8, 4) is 11.5 Å². The number of allylic oxidation sites excluding steroid dienone is 4. The summed E-state index contributed by atoms with van der Waals surface area (Å²) in [5.41, 5.74) is 5.93. The van der Waals surface area contributed by atoms with Gasteiger partial charge in [0.15, 0.2) is 23.1 Å². The third-order valence-electron chi connectivity index (χ3n) is 9.45.